The minimum atomic E-state index is -0.568. The zero-order valence-electron chi connectivity index (χ0n) is 16.0. The molecule has 0 radical (unpaired) electrons. The highest BCUT2D eigenvalue weighted by atomic mass is 16.6. The Hall–Kier alpha value is -2.04. The van der Waals surface area contributed by atoms with Gasteiger partial charge in [-0.05, 0) is 50.7 Å². The summed E-state index contributed by atoms with van der Waals surface area (Å²) in [7, 11) is 0. The Balaban J connectivity index is 1.91. The summed E-state index contributed by atoms with van der Waals surface area (Å²) in [6.07, 6.45) is 1.50. The number of amides is 2. The quantitative estimate of drug-likeness (QED) is 0.852. The third-order valence-electron chi connectivity index (χ3n) is 4.09. The zero-order chi connectivity index (χ0) is 18.6. The van der Waals surface area contributed by atoms with Crippen LogP contribution in [0.1, 0.15) is 64.5 Å². The largest absolute Gasteiger partial charge is 0.444 e. The van der Waals surface area contributed by atoms with Crippen LogP contribution in [0.5, 0.6) is 0 Å². The average molecular weight is 346 g/mol. The van der Waals surface area contributed by atoms with Gasteiger partial charge >= 0.3 is 6.09 Å². The van der Waals surface area contributed by atoms with Gasteiger partial charge in [-0.2, -0.15) is 0 Å². The second-order valence-electron chi connectivity index (χ2n) is 8.00. The molecule has 0 aliphatic heterocycles. The number of rotatable bonds is 6. The molecule has 0 aromatic heterocycles. The normalized spacial score (nSPS) is 14.3. The predicted octanol–water partition coefficient (Wildman–Crippen LogP) is 3.83. The van der Waals surface area contributed by atoms with Gasteiger partial charge in [0.25, 0.3) is 0 Å². The van der Waals surface area contributed by atoms with Gasteiger partial charge in [0.15, 0.2) is 0 Å². The minimum Gasteiger partial charge on any atom is -0.444 e. The first-order valence-corrected chi connectivity index (χ1v) is 9.01. The first kappa shape index (κ1) is 19.3. The lowest BCUT2D eigenvalue weighted by molar-refractivity contribution is -0.131. The van der Waals surface area contributed by atoms with Crippen LogP contribution in [0.2, 0.25) is 0 Å². The second-order valence-corrected chi connectivity index (χ2v) is 8.00. The highest BCUT2D eigenvalue weighted by Crippen LogP contribution is 2.28. The molecule has 5 heteroatoms. The third kappa shape index (κ3) is 6.40. The third-order valence-corrected chi connectivity index (χ3v) is 4.09. The van der Waals surface area contributed by atoms with Gasteiger partial charge in [0.2, 0.25) is 5.91 Å². The molecule has 0 atom stereocenters. The molecule has 1 aromatic rings. The molecular formula is C20H30N2O3. The summed E-state index contributed by atoms with van der Waals surface area (Å²) in [5.74, 6) is 0.426. The molecule has 1 saturated carbocycles. The van der Waals surface area contributed by atoms with Crippen LogP contribution in [0.25, 0.3) is 0 Å². The van der Waals surface area contributed by atoms with Crippen LogP contribution in [-0.2, 0) is 16.1 Å². The number of nitrogens with zero attached hydrogens (tertiary/aromatic N) is 1. The summed E-state index contributed by atoms with van der Waals surface area (Å²) < 4.78 is 5.18. The highest BCUT2D eigenvalue weighted by molar-refractivity contribution is 5.82. The summed E-state index contributed by atoms with van der Waals surface area (Å²) >= 11 is 0. The van der Waals surface area contributed by atoms with E-state index in [-0.39, 0.29) is 18.5 Å². The Labute approximate surface area is 150 Å². The van der Waals surface area contributed by atoms with Crippen molar-refractivity contribution >= 4 is 12.0 Å². The van der Waals surface area contributed by atoms with Gasteiger partial charge in [0.05, 0.1) is 0 Å². The number of hydrogen-bond acceptors (Lipinski definition) is 3. The maximum absolute atomic E-state index is 12.5. The molecule has 1 aliphatic rings. The molecule has 1 aromatic carbocycles. The van der Waals surface area contributed by atoms with E-state index in [9.17, 15) is 9.59 Å². The van der Waals surface area contributed by atoms with Crippen molar-refractivity contribution in [3.63, 3.8) is 0 Å². The van der Waals surface area contributed by atoms with E-state index >= 15 is 0 Å². The lowest BCUT2D eigenvalue weighted by atomic mass is 10.0. The molecule has 1 fully saturated rings. The number of carbonyl (C=O) groups excluding carboxylic acids is 2. The molecule has 0 saturated heterocycles. The van der Waals surface area contributed by atoms with Crippen LogP contribution in [0, 0.1) is 0 Å². The Morgan fingerprint density at radius 2 is 1.80 bits per heavy atom. The van der Waals surface area contributed by atoms with Gasteiger partial charge in [-0.3, -0.25) is 4.79 Å². The van der Waals surface area contributed by atoms with E-state index in [1.165, 1.54) is 5.56 Å². The maximum atomic E-state index is 12.5. The number of ether oxygens (including phenoxy) is 1. The minimum absolute atomic E-state index is 0.0323. The summed E-state index contributed by atoms with van der Waals surface area (Å²) in [6.45, 7) is 10.3. The van der Waals surface area contributed by atoms with Crippen molar-refractivity contribution in [3.05, 3.63) is 35.4 Å². The maximum Gasteiger partial charge on any atom is 0.408 e. The Morgan fingerprint density at radius 1 is 1.20 bits per heavy atom. The van der Waals surface area contributed by atoms with E-state index in [4.69, 9.17) is 4.74 Å². The van der Waals surface area contributed by atoms with Crippen molar-refractivity contribution in [2.24, 2.45) is 0 Å². The standard InChI is InChI=1S/C20H30N2O3/c1-14(2)16-8-6-15(7-9-16)13-22(17-10-11-17)18(23)12-21-19(24)25-20(3,4)5/h6-9,14,17H,10-13H2,1-5H3,(H,21,24). The molecule has 25 heavy (non-hydrogen) atoms. The van der Waals surface area contributed by atoms with Crippen molar-refractivity contribution in [2.45, 2.75) is 71.6 Å². The van der Waals surface area contributed by atoms with E-state index in [2.05, 4.69) is 43.4 Å². The van der Waals surface area contributed by atoms with Gasteiger partial charge in [-0.1, -0.05) is 38.1 Å². The second kappa shape index (κ2) is 7.89. The van der Waals surface area contributed by atoms with Gasteiger partial charge in [-0.25, -0.2) is 4.79 Å². The van der Waals surface area contributed by atoms with Crippen LogP contribution >= 0.6 is 0 Å². The van der Waals surface area contributed by atoms with Crippen molar-refractivity contribution in [2.75, 3.05) is 6.54 Å². The Morgan fingerprint density at radius 3 is 2.28 bits per heavy atom. The number of benzene rings is 1. The van der Waals surface area contributed by atoms with E-state index in [0.717, 1.165) is 18.4 Å². The number of hydrogen-bond donors (Lipinski definition) is 1. The van der Waals surface area contributed by atoms with E-state index in [0.29, 0.717) is 12.5 Å². The number of nitrogens with one attached hydrogen (secondary N) is 1. The number of alkyl carbamates (subject to hydrolysis) is 1. The van der Waals surface area contributed by atoms with E-state index < -0.39 is 11.7 Å². The molecule has 138 valence electrons. The van der Waals surface area contributed by atoms with Crippen LogP contribution in [0.4, 0.5) is 4.79 Å². The molecule has 0 spiro atoms. The van der Waals surface area contributed by atoms with Crippen LogP contribution < -0.4 is 5.32 Å². The summed E-state index contributed by atoms with van der Waals surface area (Å²) in [6, 6.07) is 8.69. The predicted molar refractivity (Wildman–Crippen MR) is 98.3 cm³/mol. The first-order chi connectivity index (χ1) is 11.7. The van der Waals surface area contributed by atoms with Gasteiger partial charge in [0, 0.05) is 12.6 Å². The molecular weight excluding hydrogens is 316 g/mol. The van der Waals surface area contributed by atoms with Crippen LogP contribution in [0.15, 0.2) is 24.3 Å². The molecule has 0 bridgehead atoms. The molecule has 2 amide bonds. The topological polar surface area (TPSA) is 58.6 Å². The van der Waals surface area contributed by atoms with Gasteiger partial charge in [0.1, 0.15) is 12.1 Å². The van der Waals surface area contributed by atoms with Gasteiger partial charge < -0.3 is 15.0 Å². The highest BCUT2D eigenvalue weighted by Gasteiger charge is 2.32. The van der Waals surface area contributed by atoms with E-state index in [1.807, 2.05) is 4.90 Å². The van der Waals surface area contributed by atoms with Crippen LogP contribution in [-0.4, -0.2) is 35.1 Å². The zero-order valence-corrected chi connectivity index (χ0v) is 16.0. The fourth-order valence-corrected chi connectivity index (χ4v) is 2.58. The molecule has 2 rings (SSSR count). The molecule has 1 aliphatic carbocycles. The van der Waals surface area contributed by atoms with Crippen molar-refractivity contribution in [3.8, 4) is 0 Å². The van der Waals surface area contributed by atoms with Gasteiger partial charge in [-0.15, -0.1) is 0 Å². The smallest absolute Gasteiger partial charge is 0.408 e. The summed E-state index contributed by atoms with van der Waals surface area (Å²) in [4.78, 5) is 26.1. The average Bonchev–Trinajstić information content (AvgIpc) is 3.33. The lowest BCUT2D eigenvalue weighted by Crippen LogP contribution is -2.42. The lowest BCUT2D eigenvalue weighted by Gasteiger charge is -2.24. The van der Waals surface area contributed by atoms with Crippen molar-refractivity contribution in [1.29, 1.82) is 0 Å². The SMILES string of the molecule is CC(C)c1ccc(CN(C(=O)CNC(=O)OC(C)(C)C)C2CC2)cc1. The molecule has 1 N–H and O–H groups in total. The summed E-state index contributed by atoms with van der Waals surface area (Å²) in [5, 5.41) is 2.56. The van der Waals surface area contributed by atoms with Crippen LogP contribution in [0.3, 0.4) is 0 Å². The van der Waals surface area contributed by atoms with E-state index in [1.54, 1.807) is 20.8 Å². The summed E-state index contributed by atoms with van der Waals surface area (Å²) in [5.41, 5.74) is 1.84. The monoisotopic (exact) mass is 346 g/mol. The Kier molecular flexibility index (Phi) is 6.09. The van der Waals surface area contributed by atoms with Crippen molar-refractivity contribution < 1.29 is 14.3 Å². The molecule has 5 nitrogen and oxygen atoms in total. The first-order valence-electron chi connectivity index (χ1n) is 9.01. The fourth-order valence-electron chi connectivity index (χ4n) is 2.58. The van der Waals surface area contributed by atoms with Crippen molar-refractivity contribution in [1.82, 2.24) is 10.2 Å². The molecule has 0 unspecified atom stereocenters. The Bertz CT molecular complexity index is 598. The fraction of sp³-hybridized carbons (Fsp3) is 0.600. The molecule has 0 heterocycles. The number of carbonyl (C=O) groups is 2.